The zero-order chi connectivity index (χ0) is 15.6. The molecule has 0 bridgehead atoms. The number of sulfone groups is 1. The standard InChI is InChI=1S/C13H16ClFN2O2S2/c1-2-17(10-5-6-21(18,19)8-10)13(20)16-9-3-4-12(15)11(14)7-9/h3-4,7,10H,2,5-6,8H2,1H3,(H,16,20)/t10-/m0/s1. The molecule has 1 aromatic carbocycles. The molecule has 1 N–H and O–H groups in total. The van der Waals surface area contributed by atoms with Crippen LogP contribution in [0.4, 0.5) is 10.1 Å². The summed E-state index contributed by atoms with van der Waals surface area (Å²) < 4.78 is 36.3. The third-order valence-corrected chi connectivity index (χ3v) is 5.80. The van der Waals surface area contributed by atoms with Gasteiger partial charge < -0.3 is 10.2 Å². The molecule has 0 unspecified atom stereocenters. The van der Waals surface area contributed by atoms with Crippen molar-refractivity contribution in [1.82, 2.24) is 4.90 Å². The normalized spacial score (nSPS) is 20.2. The van der Waals surface area contributed by atoms with Gasteiger partial charge in [-0.05, 0) is 43.8 Å². The van der Waals surface area contributed by atoms with Gasteiger partial charge >= 0.3 is 0 Å². The van der Waals surface area contributed by atoms with Crippen molar-refractivity contribution in [2.45, 2.75) is 19.4 Å². The maximum Gasteiger partial charge on any atom is 0.173 e. The molecule has 1 aromatic rings. The molecule has 116 valence electrons. The number of nitrogens with one attached hydrogen (secondary N) is 1. The molecule has 1 aliphatic rings. The van der Waals surface area contributed by atoms with E-state index in [0.29, 0.717) is 23.8 Å². The van der Waals surface area contributed by atoms with E-state index in [1.165, 1.54) is 18.2 Å². The zero-order valence-electron chi connectivity index (χ0n) is 11.5. The van der Waals surface area contributed by atoms with Crippen LogP contribution in [-0.2, 0) is 9.84 Å². The Morgan fingerprint density at radius 1 is 1.57 bits per heavy atom. The van der Waals surface area contributed by atoms with Crippen LogP contribution in [-0.4, -0.2) is 42.5 Å². The minimum atomic E-state index is -2.97. The van der Waals surface area contributed by atoms with E-state index in [-0.39, 0.29) is 22.6 Å². The average molecular weight is 351 g/mol. The molecule has 4 nitrogen and oxygen atoms in total. The Labute approximate surface area is 134 Å². The molecule has 1 heterocycles. The van der Waals surface area contributed by atoms with E-state index in [2.05, 4.69) is 5.32 Å². The van der Waals surface area contributed by atoms with Crippen molar-refractivity contribution < 1.29 is 12.8 Å². The fourth-order valence-corrected chi connectivity index (χ4v) is 4.67. The molecule has 1 aliphatic heterocycles. The van der Waals surface area contributed by atoms with Crippen LogP contribution in [0.15, 0.2) is 18.2 Å². The summed E-state index contributed by atoms with van der Waals surface area (Å²) in [6.45, 7) is 2.51. The van der Waals surface area contributed by atoms with Crippen molar-refractivity contribution in [3.05, 3.63) is 29.0 Å². The molecular formula is C13H16ClFN2O2S2. The van der Waals surface area contributed by atoms with E-state index in [1.54, 1.807) is 0 Å². The molecule has 0 amide bonds. The van der Waals surface area contributed by atoms with Crippen LogP contribution >= 0.6 is 23.8 Å². The van der Waals surface area contributed by atoms with Crippen molar-refractivity contribution in [1.29, 1.82) is 0 Å². The van der Waals surface area contributed by atoms with Crippen molar-refractivity contribution in [3.8, 4) is 0 Å². The second-order valence-corrected chi connectivity index (χ2v) is 7.92. The predicted octanol–water partition coefficient (Wildman–Crippen LogP) is 2.68. The summed E-state index contributed by atoms with van der Waals surface area (Å²) in [5.74, 6) is -0.186. The average Bonchev–Trinajstić information content (AvgIpc) is 2.75. The third-order valence-electron chi connectivity index (χ3n) is 3.42. The van der Waals surface area contributed by atoms with Gasteiger partial charge in [-0.2, -0.15) is 0 Å². The quantitative estimate of drug-likeness (QED) is 0.849. The minimum absolute atomic E-state index is 0.00860. The van der Waals surface area contributed by atoms with Gasteiger partial charge in [0.2, 0.25) is 0 Å². The molecule has 1 atom stereocenters. The summed E-state index contributed by atoms with van der Waals surface area (Å²) in [5, 5.41) is 3.40. The lowest BCUT2D eigenvalue weighted by atomic mass is 10.2. The van der Waals surface area contributed by atoms with E-state index >= 15 is 0 Å². The smallest absolute Gasteiger partial charge is 0.173 e. The van der Waals surface area contributed by atoms with Gasteiger partial charge in [0.05, 0.1) is 16.5 Å². The van der Waals surface area contributed by atoms with Gasteiger partial charge in [0.15, 0.2) is 14.9 Å². The van der Waals surface area contributed by atoms with Crippen molar-refractivity contribution in [2.24, 2.45) is 0 Å². The molecule has 8 heteroatoms. The fraction of sp³-hybridized carbons (Fsp3) is 0.462. The summed E-state index contributed by atoms with van der Waals surface area (Å²) in [7, 11) is -2.97. The summed E-state index contributed by atoms with van der Waals surface area (Å²) in [5.41, 5.74) is 0.575. The maximum absolute atomic E-state index is 13.1. The first-order chi connectivity index (χ1) is 9.82. The lowest BCUT2D eigenvalue weighted by Crippen LogP contribution is -2.43. The largest absolute Gasteiger partial charge is 0.345 e. The molecule has 0 spiro atoms. The second-order valence-electron chi connectivity index (χ2n) is 4.90. The lowest BCUT2D eigenvalue weighted by Gasteiger charge is -2.29. The highest BCUT2D eigenvalue weighted by Crippen LogP contribution is 2.22. The first-order valence-corrected chi connectivity index (χ1v) is 9.16. The minimum Gasteiger partial charge on any atom is -0.345 e. The van der Waals surface area contributed by atoms with Crippen LogP contribution in [0.2, 0.25) is 5.02 Å². The molecule has 1 saturated heterocycles. The number of benzene rings is 1. The van der Waals surface area contributed by atoms with Gasteiger partial charge in [-0.1, -0.05) is 11.6 Å². The lowest BCUT2D eigenvalue weighted by molar-refractivity contribution is 0.355. The highest BCUT2D eigenvalue weighted by Gasteiger charge is 2.32. The van der Waals surface area contributed by atoms with Crippen molar-refractivity contribution >= 4 is 44.5 Å². The number of halogens is 2. The maximum atomic E-state index is 13.1. The number of anilines is 1. The van der Waals surface area contributed by atoms with Crippen LogP contribution in [0.1, 0.15) is 13.3 Å². The van der Waals surface area contributed by atoms with Gasteiger partial charge in [0, 0.05) is 18.3 Å². The molecule has 21 heavy (non-hydrogen) atoms. The Balaban J connectivity index is 2.08. The Hall–Kier alpha value is -0.920. The summed E-state index contributed by atoms with van der Waals surface area (Å²) in [4.78, 5) is 1.84. The topological polar surface area (TPSA) is 49.4 Å². The number of nitrogens with zero attached hydrogens (tertiary/aromatic N) is 1. The van der Waals surface area contributed by atoms with Crippen LogP contribution in [0.3, 0.4) is 0 Å². The number of hydrogen-bond acceptors (Lipinski definition) is 3. The van der Waals surface area contributed by atoms with E-state index < -0.39 is 15.7 Å². The highest BCUT2D eigenvalue weighted by atomic mass is 35.5. The van der Waals surface area contributed by atoms with Gasteiger partial charge in [-0.3, -0.25) is 0 Å². The Morgan fingerprint density at radius 2 is 2.29 bits per heavy atom. The summed E-state index contributed by atoms with van der Waals surface area (Å²) in [6, 6.07) is 4.12. The molecule has 0 radical (unpaired) electrons. The van der Waals surface area contributed by atoms with Crippen LogP contribution in [0.5, 0.6) is 0 Å². The van der Waals surface area contributed by atoms with E-state index in [4.69, 9.17) is 23.8 Å². The fourth-order valence-electron chi connectivity index (χ4n) is 2.36. The summed E-state index contributed by atoms with van der Waals surface area (Å²) in [6.07, 6.45) is 0.572. The third kappa shape index (κ3) is 4.05. The van der Waals surface area contributed by atoms with Gasteiger partial charge in [-0.15, -0.1) is 0 Å². The van der Waals surface area contributed by atoms with E-state index in [1.807, 2.05) is 11.8 Å². The van der Waals surface area contributed by atoms with Crippen molar-refractivity contribution in [2.75, 3.05) is 23.4 Å². The molecule has 0 aromatic heterocycles. The monoisotopic (exact) mass is 350 g/mol. The summed E-state index contributed by atoms with van der Waals surface area (Å²) >= 11 is 11.1. The molecule has 0 saturated carbocycles. The highest BCUT2D eigenvalue weighted by molar-refractivity contribution is 7.91. The SMILES string of the molecule is CCN(C(=S)Nc1ccc(F)c(Cl)c1)[C@H]1CCS(=O)(=O)C1. The van der Waals surface area contributed by atoms with Gasteiger partial charge in [0.1, 0.15) is 5.82 Å². The van der Waals surface area contributed by atoms with E-state index in [9.17, 15) is 12.8 Å². The van der Waals surface area contributed by atoms with Crippen molar-refractivity contribution in [3.63, 3.8) is 0 Å². The molecular weight excluding hydrogens is 335 g/mol. The van der Waals surface area contributed by atoms with Crippen LogP contribution in [0, 0.1) is 5.82 Å². The zero-order valence-corrected chi connectivity index (χ0v) is 13.9. The predicted molar refractivity (Wildman–Crippen MR) is 87.1 cm³/mol. The Morgan fingerprint density at radius 3 is 2.81 bits per heavy atom. The van der Waals surface area contributed by atoms with Gasteiger partial charge in [-0.25, -0.2) is 12.8 Å². The number of rotatable bonds is 3. The molecule has 0 aliphatic carbocycles. The Kier molecular flexibility index (Phi) is 5.06. The van der Waals surface area contributed by atoms with E-state index in [0.717, 1.165) is 0 Å². The first kappa shape index (κ1) is 16.5. The Bertz CT molecular complexity index is 652. The van der Waals surface area contributed by atoms with Gasteiger partial charge in [0.25, 0.3) is 0 Å². The number of thiocarbonyl (C=S) groups is 1. The first-order valence-electron chi connectivity index (χ1n) is 6.55. The molecule has 2 rings (SSSR count). The molecule has 1 fully saturated rings. The van der Waals surface area contributed by atoms with Crippen LogP contribution < -0.4 is 5.32 Å². The number of hydrogen-bond donors (Lipinski definition) is 1. The van der Waals surface area contributed by atoms with Crippen LogP contribution in [0.25, 0.3) is 0 Å². The second kappa shape index (κ2) is 6.46.